The van der Waals surface area contributed by atoms with Crippen molar-refractivity contribution in [2.75, 3.05) is 31.3 Å². The first kappa shape index (κ1) is 26.5. The maximum atomic E-state index is 13.4. The summed E-state index contributed by atoms with van der Waals surface area (Å²) in [4.78, 5) is 15.0. The number of hydrogen-bond acceptors (Lipinski definition) is 5. The third-order valence-corrected chi connectivity index (χ3v) is 6.82. The molecule has 0 aromatic heterocycles. The van der Waals surface area contributed by atoms with Crippen molar-refractivity contribution in [3.8, 4) is 11.5 Å². The molecule has 2 fully saturated rings. The fraction of sp³-hybridized carbons (Fsp3) is 0.414. The molecule has 0 spiro atoms. The molecule has 0 radical (unpaired) electrons. The van der Waals surface area contributed by atoms with Crippen LogP contribution in [0.3, 0.4) is 0 Å². The maximum absolute atomic E-state index is 13.4. The molecule has 6 nitrogen and oxygen atoms in total. The smallest absolute Gasteiger partial charge is 0.293 e. The molecule has 192 valence electrons. The molecule has 1 atom stereocenters. The van der Waals surface area contributed by atoms with Gasteiger partial charge in [-0.25, -0.2) is 0 Å². The quantitative estimate of drug-likeness (QED) is 0.125. The van der Waals surface area contributed by atoms with E-state index in [9.17, 15) is 4.79 Å². The Morgan fingerprint density at radius 3 is 2.58 bits per heavy atom. The second kappa shape index (κ2) is 13.1. The minimum Gasteiger partial charge on any atom is -0.490 e. The number of nitrogens with zero attached hydrogens (tertiary/aromatic N) is 1. The van der Waals surface area contributed by atoms with E-state index in [0.717, 1.165) is 30.3 Å². The molecule has 2 aromatic carbocycles. The number of rotatable bonds is 12. The fourth-order valence-corrected chi connectivity index (χ4v) is 4.58. The molecule has 7 heteroatoms. The summed E-state index contributed by atoms with van der Waals surface area (Å²) in [5.74, 6) is 2.01. The summed E-state index contributed by atoms with van der Waals surface area (Å²) in [7, 11) is 0. The van der Waals surface area contributed by atoms with Gasteiger partial charge in [0, 0.05) is 18.8 Å². The van der Waals surface area contributed by atoms with Crippen LogP contribution < -0.4 is 14.4 Å². The van der Waals surface area contributed by atoms with Crippen molar-refractivity contribution in [3.63, 3.8) is 0 Å². The van der Waals surface area contributed by atoms with Gasteiger partial charge < -0.3 is 23.8 Å². The molecule has 4 rings (SSSR count). The molecule has 36 heavy (non-hydrogen) atoms. The summed E-state index contributed by atoms with van der Waals surface area (Å²) < 4.78 is 23.9. The van der Waals surface area contributed by atoms with Crippen LogP contribution in [0, 0.1) is 0 Å². The van der Waals surface area contributed by atoms with Crippen LogP contribution in [0.25, 0.3) is 0 Å². The van der Waals surface area contributed by atoms with Crippen LogP contribution in [-0.4, -0.2) is 38.6 Å². The molecule has 1 amide bonds. The Morgan fingerprint density at radius 2 is 1.94 bits per heavy atom. The molecule has 1 aliphatic heterocycles. The molecule has 1 unspecified atom stereocenters. The summed E-state index contributed by atoms with van der Waals surface area (Å²) in [5.41, 5.74) is 2.03. The topological polar surface area (TPSA) is 57.2 Å². The van der Waals surface area contributed by atoms with Crippen LogP contribution in [0.4, 0.5) is 5.69 Å². The zero-order chi connectivity index (χ0) is 25.3. The van der Waals surface area contributed by atoms with Crippen molar-refractivity contribution in [2.45, 2.75) is 51.2 Å². The van der Waals surface area contributed by atoms with Crippen LogP contribution in [-0.2, 0) is 14.3 Å². The number of carbonyl (C=O) groups excluding carboxylic acids is 1. The molecule has 1 saturated heterocycles. The Balaban J connectivity index is 1.36. The van der Waals surface area contributed by atoms with Gasteiger partial charge in [-0.15, -0.1) is 6.58 Å². The number of anilines is 1. The molecule has 1 aliphatic carbocycles. The second-order valence-corrected chi connectivity index (χ2v) is 9.79. The Bertz CT molecular complexity index is 1060. The summed E-state index contributed by atoms with van der Waals surface area (Å²) in [5, 5.41) is 0. The second-order valence-electron chi connectivity index (χ2n) is 8.93. The number of halogens is 1. The molecular weight excluding hydrogens is 522 g/mol. The Kier molecular flexibility index (Phi) is 9.61. The minimum atomic E-state index is -0.245. The molecule has 1 heterocycles. The lowest BCUT2D eigenvalue weighted by molar-refractivity contribution is -0.165. The van der Waals surface area contributed by atoms with Gasteiger partial charge in [0.2, 0.25) is 0 Å². The first-order valence-corrected chi connectivity index (χ1v) is 13.4. The van der Waals surface area contributed by atoms with E-state index in [1.54, 1.807) is 24.0 Å². The fourth-order valence-electron chi connectivity index (χ4n) is 4.09. The van der Waals surface area contributed by atoms with Crippen molar-refractivity contribution in [2.24, 2.45) is 0 Å². The molecule has 0 N–H and O–H groups in total. The van der Waals surface area contributed by atoms with Gasteiger partial charge in [-0.3, -0.25) is 4.79 Å². The number of ether oxygens (including phenoxy) is 4. The zero-order valence-electron chi connectivity index (χ0n) is 20.8. The first-order chi connectivity index (χ1) is 17.6. The third kappa shape index (κ3) is 7.21. The van der Waals surface area contributed by atoms with Crippen molar-refractivity contribution in [1.29, 1.82) is 0 Å². The van der Waals surface area contributed by atoms with Crippen molar-refractivity contribution >= 4 is 27.5 Å². The summed E-state index contributed by atoms with van der Waals surface area (Å²) in [6.45, 7) is 7.56. The van der Waals surface area contributed by atoms with Crippen molar-refractivity contribution in [3.05, 3.63) is 77.0 Å². The predicted molar refractivity (Wildman–Crippen MR) is 145 cm³/mol. The molecule has 1 saturated carbocycles. The lowest BCUT2D eigenvalue weighted by Gasteiger charge is -2.24. The SMILES string of the molecule is C=CCN(C(=O)/C(=C/C)Oc1ccc(C2CC2)cc1)c1ccc(OCCOC2CCCCO2)c(Br)c1. The average Bonchev–Trinajstić information content (AvgIpc) is 3.75. The van der Waals surface area contributed by atoms with E-state index in [1.807, 2.05) is 30.3 Å². The highest BCUT2D eigenvalue weighted by Gasteiger charge is 2.24. The van der Waals surface area contributed by atoms with Crippen LogP contribution >= 0.6 is 15.9 Å². The maximum Gasteiger partial charge on any atom is 0.293 e. The molecule has 0 bridgehead atoms. The van der Waals surface area contributed by atoms with Crippen molar-refractivity contribution in [1.82, 2.24) is 0 Å². The van der Waals surface area contributed by atoms with E-state index < -0.39 is 0 Å². The summed E-state index contributed by atoms with van der Waals surface area (Å²) in [6, 6.07) is 13.6. The van der Waals surface area contributed by atoms with E-state index in [2.05, 4.69) is 34.6 Å². The zero-order valence-corrected chi connectivity index (χ0v) is 22.4. The highest BCUT2D eigenvalue weighted by molar-refractivity contribution is 9.10. The van der Waals surface area contributed by atoms with Gasteiger partial charge in [-0.2, -0.15) is 0 Å². The van der Waals surface area contributed by atoms with Crippen LogP contribution in [0.2, 0.25) is 0 Å². The van der Waals surface area contributed by atoms with E-state index in [1.165, 1.54) is 18.4 Å². The van der Waals surface area contributed by atoms with Gasteiger partial charge in [-0.05, 0) is 103 Å². The number of amides is 1. The lowest BCUT2D eigenvalue weighted by Crippen LogP contribution is -2.33. The Hall–Kier alpha value is -2.61. The number of benzene rings is 2. The van der Waals surface area contributed by atoms with E-state index >= 15 is 0 Å². The van der Waals surface area contributed by atoms with E-state index in [-0.39, 0.29) is 18.0 Å². The molecular formula is C29H34BrNO5. The lowest BCUT2D eigenvalue weighted by atomic mass is 10.1. The normalized spacial score (nSPS) is 17.9. The number of carbonyl (C=O) groups is 1. The van der Waals surface area contributed by atoms with Gasteiger partial charge in [0.1, 0.15) is 18.1 Å². The molecule has 2 aromatic rings. The first-order valence-electron chi connectivity index (χ1n) is 12.6. The average molecular weight is 556 g/mol. The Morgan fingerprint density at radius 1 is 1.14 bits per heavy atom. The summed E-state index contributed by atoms with van der Waals surface area (Å²) in [6.07, 6.45) is 8.90. The van der Waals surface area contributed by atoms with E-state index in [4.69, 9.17) is 18.9 Å². The number of allylic oxidation sites excluding steroid dienone is 1. The van der Waals surface area contributed by atoms with Crippen LogP contribution in [0.1, 0.15) is 50.5 Å². The standard InChI is InChI=1S/C29H34BrNO5/c1-3-16-31(29(32)26(4-2)36-24-13-10-22(11-14-24)21-8-9-21)23-12-15-27(25(30)20-23)33-18-19-35-28-7-5-6-17-34-28/h3-4,10-15,20-21,28H,1,5-9,16-19H2,2H3/b26-4-. The van der Waals surface area contributed by atoms with Gasteiger partial charge >= 0.3 is 0 Å². The highest BCUT2D eigenvalue weighted by atomic mass is 79.9. The van der Waals surface area contributed by atoms with Gasteiger partial charge in [0.05, 0.1) is 11.1 Å². The number of hydrogen-bond donors (Lipinski definition) is 0. The van der Waals surface area contributed by atoms with Crippen LogP contribution in [0.15, 0.2) is 71.4 Å². The largest absolute Gasteiger partial charge is 0.490 e. The minimum absolute atomic E-state index is 0.134. The highest BCUT2D eigenvalue weighted by Crippen LogP contribution is 2.40. The predicted octanol–water partition coefficient (Wildman–Crippen LogP) is 6.75. The Labute approximate surface area is 222 Å². The monoisotopic (exact) mass is 555 g/mol. The third-order valence-electron chi connectivity index (χ3n) is 6.20. The van der Waals surface area contributed by atoms with E-state index in [0.29, 0.717) is 42.9 Å². The molecule has 2 aliphatic rings. The van der Waals surface area contributed by atoms with Gasteiger partial charge in [-0.1, -0.05) is 18.2 Å². The van der Waals surface area contributed by atoms with Gasteiger partial charge in [0.15, 0.2) is 12.0 Å². The van der Waals surface area contributed by atoms with Gasteiger partial charge in [0.25, 0.3) is 5.91 Å². The van der Waals surface area contributed by atoms with Crippen molar-refractivity contribution < 1.29 is 23.7 Å². The summed E-state index contributed by atoms with van der Waals surface area (Å²) >= 11 is 3.58. The van der Waals surface area contributed by atoms with Crippen LogP contribution in [0.5, 0.6) is 11.5 Å².